The summed E-state index contributed by atoms with van der Waals surface area (Å²) >= 11 is 0. The first-order valence-corrected chi connectivity index (χ1v) is 19.6. The first-order valence-electron chi connectivity index (χ1n) is 19.6. The Labute approximate surface area is 302 Å². The molecule has 4 nitrogen and oxygen atoms in total. The molecular formula is C45H73NO3. The molecule has 4 heteroatoms. The van der Waals surface area contributed by atoms with Gasteiger partial charge in [-0.1, -0.05) is 168 Å². The van der Waals surface area contributed by atoms with Gasteiger partial charge in [0, 0.05) is 6.42 Å². The molecule has 49 heavy (non-hydrogen) atoms. The molecule has 276 valence electrons. The maximum absolute atomic E-state index is 12.3. The molecule has 0 saturated heterocycles. The van der Waals surface area contributed by atoms with Crippen molar-refractivity contribution in [1.29, 1.82) is 0 Å². The Kier molecular flexibility index (Phi) is 37.1. The molecule has 0 aliphatic rings. The lowest BCUT2D eigenvalue weighted by molar-refractivity contribution is -0.123. The van der Waals surface area contributed by atoms with Crippen molar-refractivity contribution in [3.8, 4) is 0 Å². The Morgan fingerprint density at radius 3 is 1.35 bits per heavy atom. The molecule has 0 aromatic carbocycles. The number of hydrogen-bond donors (Lipinski definition) is 3. The number of carbonyl (C=O) groups excluding carboxylic acids is 1. The van der Waals surface area contributed by atoms with Gasteiger partial charge in [-0.2, -0.15) is 0 Å². The minimum atomic E-state index is -0.863. The van der Waals surface area contributed by atoms with Crippen LogP contribution in [0.2, 0.25) is 0 Å². The number of carbonyl (C=O) groups is 1. The SMILES string of the molecule is CC/C=C\C/C=C\C/C=C\C/C=C\C/C=C\C/C=C\C/C=C\C/C=C\CCCCC(=O)NC(CO)C(O)/C=C/CCCCCCCCCC. The zero-order valence-electron chi connectivity index (χ0n) is 31.4. The Bertz CT molecular complexity index is 995. The smallest absolute Gasteiger partial charge is 0.220 e. The molecular weight excluding hydrogens is 602 g/mol. The number of unbranched alkanes of at least 4 members (excludes halogenated alkanes) is 10. The summed E-state index contributed by atoms with van der Waals surface area (Å²) in [5.41, 5.74) is 0. The van der Waals surface area contributed by atoms with E-state index in [0.29, 0.717) is 6.42 Å². The third-order valence-corrected chi connectivity index (χ3v) is 8.01. The number of hydrogen-bond acceptors (Lipinski definition) is 3. The topological polar surface area (TPSA) is 69.6 Å². The molecule has 0 aromatic rings. The second-order valence-corrected chi connectivity index (χ2v) is 12.6. The molecule has 2 unspecified atom stereocenters. The molecule has 0 fully saturated rings. The molecule has 2 atom stereocenters. The number of amides is 1. The summed E-state index contributed by atoms with van der Waals surface area (Å²) in [6.07, 6.45) is 60.4. The summed E-state index contributed by atoms with van der Waals surface area (Å²) in [6, 6.07) is -0.651. The Hall–Kier alpha value is -2.95. The third kappa shape index (κ3) is 36.2. The van der Waals surface area contributed by atoms with Gasteiger partial charge in [0.25, 0.3) is 0 Å². The maximum Gasteiger partial charge on any atom is 0.220 e. The van der Waals surface area contributed by atoms with Crippen LogP contribution in [0.4, 0.5) is 0 Å². The fraction of sp³-hybridized carbons (Fsp3) is 0.578. The van der Waals surface area contributed by atoms with Gasteiger partial charge in [0.2, 0.25) is 5.91 Å². The van der Waals surface area contributed by atoms with Crippen molar-refractivity contribution in [3.63, 3.8) is 0 Å². The largest absolute Gasteiger partial charge is 0.394 e. The standard InChI is InChI=1S/C45H73NO3/c1-3-5-7-9-11-13-15-16-17-18-19-20-21-22-23-24-25-26-27-28-29-30-31-33-35-37-39-41-45(49)46-43(42-47)44(48)40-38-36-34-32-14-12-10-8-6-4-2/h5,7,11,13,16-17,19-20,22-23,25-26,28-29,31,33,38,40,43-44,47-48H,3-4,6,8-10,12,14-15,18,21,24,27,30,32,34-37,39,41-42H2,1-2H3,(H,46,49)/b7-5-,13-11-,17-16-,20-19-,23-22-,26-25-,29-28-,33-31-,40-38+. The van der Waals surface area contributed by atoms with Crippen LogP contribution >= 0.6 is 0 Å². The van der Waals surface area contributed by atoms with E-state index >= 15 is 0 Å². The molecule has 1 amide bonds. The van der Waals surface area contributed by atoms with Crippen molar-refractivity contribution in [1.82, 2.24) is 5.32 Å². The highest BCUT2D eigenvalue weighted by Gasteiger charge is 2.17. The quantitative estimate of drug-likeness (QED) is 0.0479. The monoisotopic (exact) mass is 676 g/mol. The van der Waals surface area contributed by atoms with Crippen LogP contribution in [0.3, 0.4) is 0 Å². The fourth-order valence-electron chi connectivity index (χ4n) is 5.01. The van der Waals surface area contributed by atoms with Crippen LogP contribution in [0.25, 0.3) is 0 Å². The van der Waals surface area contributed by atoms with Crippen molar-refractivity contribution >= 4 is 5.91 Å². The van der Waals surface area contributed by atoms with E-state index in [9.17, 15) is 15.0 Å². The molecule has 0 bridgehead atoms. The number of rotatable bonds is 33. The van der Waals surface area contributed by atoms with E-state index in [1.807, 2.05) is 6.08 Å². The van der Waals surface area contributed by atoms with Crippen molar-refractivity contribution in [3.05, 3.63) is 109 Å². The highest BCUT2D eigenvalue weighted by molar-refractivity contribution is 5.76. The van der Waals surface area contributed by atoms with Crippen LogP contribution in [0, 0.1) is 0 Å². The minimum absolute atomic E-state index is 0.115. The van der Waals surface area contributed by atoms with Crippen molar-refractivity contribution in [2.24, 2.45) is 0 Å². The zero-order chi connectivity index (χ0) is 35.7. The van der Waals surface area contributed by atoms with Crippen LogP contribution in [-0.2, 0) is 4.79 Å². The molecule has 0 aliphatic carbocycles. The summed E-state index contributed by atoms with van der Waals surface area (Å²) in [6.45, 7) is 4.13. The van der Waals surface area contributed by atoms with Gasteiger partial charge in [0.05, 0.1) is 18.8 Å². The summed E-state index contributed by atoms with van der Waals surface area (Å²) in [7, 11) is 0. The fourth-order valence-corrected chi connectivity index (χ4v) is 5.01. The normalized spacial score (nSPS) is 14.3. The van der Waals surface area contributed by atoms with Crippen molar-refractivity contribution in [2.75, 3.05) is 6.61 Å². The molecule has 0 rings (SSSR count). The van der Waals surface area contributed by atoms with Crippen LogP contribution in [0.15, 0.2) is 109 Å². The van der Waals surface area contributed by atoms with E-state index in [1.165, 1.54) is 44.9 Å². The Balaban J connectivity index is 3.79. The van der Waals surface area contributed by atoms with Gasteiger partial charge in [0.15, 0.2) is 0 Å². The number of allylic oxidation sites excluding steroid dienone is 17. The number of nitrogens with one attached hydrogen (secondary N) is 1. The summed E-state index contributed by atoms with van der Waals surface area (Å²) < 4.78 is 0. The summed E-state index contributed by atoms with van der Waals surface area (Å²) in [5, 5.41) is 22.8. The van der Waals surface area contributed by atoms with Gasteiger partial charge in [-0.25, -0.2) is 0 Å². The average molecular weight is 676 g/mol. The lowest BCUT2D eigenvalue weighted by Crippen LogP contribution is -2.45. The first-order chi connectivity index (χ1) is 24.2. The molecule has 0 aromatic heterocycles. The van der Waals surface area contributed by atoms with Crippen LogP contribution < -0.4 is 5.32 Å². The molecule has 3 N–H and O–H groups in total. The van der Waals surface area contributed by atoms with Crippen LogP contribution in [0.5, 0.6) is 0 Å². The van der Waals surface area contributed by atoms with Crippen LogP contribution in [0.1, 0.15) is 149 Å². The van der Waals surface area contributed by atoms with E-state index in [-0.39, 0.29) is 12.5 Å². The third-order valence-electron chi connectivity index (χ3n) is 8.01. The lowest BCUT2D eigenvalue weighted by atomic mass is 10.1. The molecule has 0 saturated carbocycles. The Morgan fingerprint density at radius 1 is 0.510 bits per heavy atom. The van der Waals surface area contributed by atoms with Gasteiger partial charge in [-0.15, -0.1) is 0 Å². The van der Waals surface area contributed by atoms with Gasteiger partial charge < -0.3 is 15.5 Å². The highest BCUT2D eigenvalue weighted by Crippen LogP contribution is 2.10. The lowest BCUT2D eigenvalue weighted by Gasteiger charge is -2.19. The zero-order valence-corrected chi connectivity index (χ0v) is 31.4. The molecule has 0 spiro atoms. The molecule has 0 heterocycles. The predicted molar refractivity (Wildman–Crippen MR) is 216 cm³/mol. The van der Waals surface area contributed by atoms with Gasteiger partial charge in [-0.3, -0.25) is 4.79 Å². The minimum Gasteiger partial charge on any atom is -0.394 e. The van der Waals surface area contributed by atoms with E-state index in [0.717, 1.165) is 83.5 Å². The number of aliphatic hydroxyl groups excluding tert-OH is 2. The Morgan fingerprint density at radius 2 is 0.898 bits per heavy atom. The van der Waals surface area contributed by atoms with Crippen molar-refractivity contribution in [2.45, 2.75) is 161 Å². The number of aliphatic hydroxyl groups is 2. The summed E-state index contributed by atoms with van der Waals surface area (Å²) in [4.78, 5) is 12.3. The molecule has 0 radical (unpaired) electrons. The van der Waals surface area contributed by atoms with Crippen molar-refractivity contribution < 1.29 is 15.0 Å². The maximum atomic E-state index is 12.3. The second-order valence-electron chi connectivity index (χ2n) is 12.6. The second kappa shape index (κ2) is 39.5. The average Bonchev–Trinajstić information content (AvgIpc) is 3.10. The predicted octanol–water partition coefficient (Wildman–Crippen LogP) is 12.1. The van der Waals surface area contributed by atoms with Crippen LogP contribution in [-0.4, -0.2) is 34.9 Å². The van der Waals surface area contributed by atoms with E-state index in [4.69, 9.17) is 0 Å². The first kappa shape index (κ1) is 46.0. The van der Waals surface area contributed by atoms with Gasteiger partial charge in [0.1, 0.15) is 0 Å². The van der Waals surface area contributed by atoms with E-state index in [1.54, 1.807) is 6.08 Å². The van der Waals surface area contributed by atoms with E-state index < -0.39 is 12.1 Å². The highest BCUT2D eigenvalue weighted by atomic mass is 16.3. The molecule has 0 aliphatic heterocycles. The van der Waals surface area contributed by atoms with Gasteiger partial charge >= 0.3 is 0 Å². The van der Waals surface area contributed by atoms with Gasteiger partial charge in [-0.05, 0) is 83.5 Å². The summed E-state index contributed by atoms with van der Waals surface area (Å²) in [5.74, 6) is -0.115. The van der Waals surface area contributed by atoms with E-state index in [2.05, 4.69) is 116 Å².